The summed E-state index contributed by atoms with van der Waals surface area (Å²) in [5.74, 6) is -0.558. The third kappa shape index (κ3) is 1.96. The van der Waals surface area contributed by atoms with Gasteiger partial charge in [0.15, 0.2) is 5.57 Å². The first-order chi connectivity index (χ1) is 9.45. The van der Waals surface area contributed by atoms with E-state index >= 15 is 0 Å². The lowest BCUT2D eigenvalue weighted by Crippen LogP contribution is -2.27. The summed E-state index contributed by atoms with van der Waals surface area (Å²) in [6, 6.07) is 9.95. The maximum absolute atomic E-state index is 12.0. The van der Waals surface area contributed by atoms with Gasteiger partial charge in [-0.3, -0.25) is 0 Å². The van der Waals surface area contributed by atoms with Crippen LogP contribution in [-0.4, -0.2) is 19.6 Å². The van der Waals surface area contributed by atoms with E-state index in [4.69, 9.17) is 4.74 Å². The fraction of sp³-hybridized carbons (Fsp3) is 0.375. The number of ether oxygens (including phenoxy) is 1. The molecule has 1 heterocycles. The van der Waals surface area contributed by atoms with Crippen molar-refractivity contribution in [3.8, 4) is 6.07 Å². The number of anilines is 1. The van der Waals surface area contributed by atoms with Gasteiger partial charge >= 0.3 is 5.97 Å². The number of hydrogen-bond acceptors (Lipinski definition) is 4. The number of hydrogen-bond donors (Lipinski definition) is 0. The Bertz CT molecular complexity index is 624. The number of likely N-dealkylation sites (N-methyl/N-ethyl adjacent to an activating group) is 1. The van der Waals surface area contributed by atoms with Crippen molar-refractivity contribution in [2.75, 3.05) is 18.6 Å². The first kappa shape index (κ1) is 14.1. The van der Waals surface area contributed by atoms with Gasteiger partial charge in [-0.05, 0) is 18.6 Å². The number of fused-ring (bicyclic) bond motifs is 1. The second-order valence-corrected chi connectivity index (χ2v) is 5.26. The first-order valence-corrected chi connectivity index (χ1v) is 6.60. The zero-order valence-corrected chi connectivity index (χ0v) is 12.2. The van der Waals surface area contributed by atoms with Gasteiger partial charge in [0.25, 0.3) is 0 Å². The molecule has 0 N–H and O–H groups in total. The molecule has 0 radical (unpaired) electrons. The molecule has 0 atom stereocenters. The van der Waals surface area contributed by atoms with Crippen LogP contribution in [0.25, 0.3) is 0 Å². The highest BCUT2D eigenvalue weighted by atomic mass is 16.5. The topological polar surface area (TPSA) is 53.3 Å². The van der Waals surface area contributed by atoms with Gasteiger partial charge in [0.2, 0.25) is 0 Å². The number of para-hydroxylation sites is 1. The van der Waals surface area contributed by atoms with Gasteiger partial charge in [0, 0.05) is 18.2 Å². The molecule has 20 heavy (non-hydrogen) atoms. The number of benzene rings is 1. The van der Waals surface area contributed by atoms with Crippen molar-refractivity contribution in [3.63, 3.8) is 0 Å². The third-order valence-electron chi connectivity index (χ3n) is 3.69. The van der Waals surface area contributed by atoms with Crippen molar-refractivity contribution in [3.05, 3.63) is 41.1 Å². The summed E-state index contributed by atoms with van der Waals surface area (Å²) >= 11 is 0. The quantitative estimate of drug-likeness (QED) is 0.471. The highest BCUT2D eigenvalue weighted by Crippen LogP contribution is 2.47. The molecule has 0 aliphatic carbocycles. The number of allylic oxidation sites excluding steroid dienone is 1. The van der Waals surface area contributed by atoms with Gasteiger partial charge < -0.3 is 9.64 Å². The smallest absolute Gasteiger partial charge is 0.350 e. The molecule has 4 heteroatoms. The summed E-state index contributed by atoms with van der Waals surface area (Å²) in [6.07, 6.45) is 0. The molecule has 0 fully saturated rings. The van der Waals surface area contributed by atoms with Crippen molar-refractivity contribution in [2.24, 2.45) is 0 Å². The molecule has 4 nitrogen and oxygen atoms in total. The molecule has 0 amide bonds. The van der Waals surface area contributed by atoms with E-state index in [1.807, 2.05) is 56.1 Å². The zero-order valence-electron chi connectivity index (χ0n) is 12.2. The van der Waals surface area contributed by atoms with E-state index in [1.165, 1.54) is 0 Å². The van der Waals surface area contributed by atoms with Crippen molar-refractivity contribution in [2.45, 2.75) is 26.2 Å². The Balaban J connectivity index is 2.65. The highest BCUT2D eigenvalue weighted by Gasteiger charge is 2.42. The van der Waals surface area contributed by atoms with Gasteiger partial charge in [-0.15, -0.1) is 0 Å². The predicted molar refractivity (Wildman–Crippen MR) is 77.1 cm³/mol. The molecule has 0 unspecified atom stereocenters. The summed E-state index contributed by atoms with van der Waals surface area (Å²) in [5, 5.41) is 9.38. The molecule has 104 valence electrons. The van der Waals surface area contributed by atoms with Crippen LogP contribution in [0.1, 0.15) is 26.3 Å². The molecule has 1 aromatic carbocycles. The van der Waals surface area contributed by atoms with Gasteiger partial charge in [-0.25, -0.2) is 4.79 Å². The Labute approximate surface area is 119 Å². The maximum Gasteiger partial charge on any atom is 0.350 e. The average Bonchev–Trinajstić information content (AvgIpc) is 2.62. The number of esters is 1. The summed E-state index contributed by atoms with van der Waals surface area (Å²) in [4.78, 5) is 13.9. The van der Waals surface area contributed by atoms with Crippen molar-refractivity contribution >= 4 is 11.7 Å². The van der Waals surface area contributed by atoms with Crippen LogP contribution in [0.3, 0.4) is 0 Å². The van der Waals surface area contributed by atoms with Gasteiger partial charge in [-0.2, -0.15) is 5.26 Å². The second-order valence-electron chi connectivity index (χ2n) is 5.26. The van der Waals surface area contributed by atoms with Crippen LogP contribution in [0.2, 0.25) is 0 Å². The van der Waals surface area contributed by atoms with Crippen molar-refractivity contribution in [1.29, 1.82) is 5.26 Å². The Morgan fingerprint density at radius 2 is 2.05 bits per heavy atom. The summed E-state index contributed by atoms with van der Waals surface area (Å²) in [7, 11) is 1.87. The normalized spacial score (nSPS) is 18.2. The molecule has 1 aromatic rings. The molecule has 0 spiro atoms. The van der Waals surface area contributed by atoms with E-state index < -0.39 is 11.4 Å². The number of carbonyl (C=O) groups is 1. The molecular weight excluding hydrogens is 252 g/mol. The maximum atomic E-state index is 12.0. The summed E-state index contributed by atoms with van der Waals surface area (Å²) in [6.45, 7) is 6.02. The van der Waals surface area contributed by atoms with E-state index in [2.05, 4.69) is 0 Å². The Morgan fingerprint density at radius 1 is 1.40 bits per heavy atom. The van der Waals surface area contributed by atoms with Crippen molar-refractivity contribution in [1.82, 2.24) is 0 Å². The largest absolute Gasteiger partial charge is 0.462 e. The monoisotopic (exact) mass is 270 g/mol. The minimum Gasteiger partial charge on any atom is -0.462 e. The zero-order chi connectivity index (χ0) is 14.9. The van der Waals surface area contributed by atoms with Crippen molar-refractivity contribution < 1.29 is 9.53 Å². The van der Waals surface area contributed by atoms with E-state index in [1.54, 1.807) is 6.92 Å². The Morgan fingerprint density at radius 3 is 2.60 bits per heavy atom. The molecule has 1 aliphatic heterocycles. The third-order valence-corrected chi connectivity index (χ3v) is 3.69. The van der Waals surface area contributed by atoms with E-state index in [9.17, 15) is 10.1 Å². The van der Waals surface area contributed by atoms with E-state index in [0.717, 1.165) is 11.3 Å². The summed E-state index contributed by atoms with van der Waals surface area (Å²) in [5.41, 5.74) is 2.50. The van der Waals surface area contributed by atoms with Crippen LogP contribution in [0.5, 0.6) is 0 Å². The summed E-state index contributed by atoms with van der Waals surface area (Å²) < 4.78 is 5.00. The molecule has 2 rings (SSSR count). The predicted octanol–water partition coefficient (Wildman–Crippen LogP) is 2.75. The SMILES string of the molecule is CCOC(=O)C(C#N)=C1N(C)c2ccccc2C1(C)C. The molecular formula is C16H18N2O2. The Hall–Kier alpha value is -2.28. The molecule has 0 bridgehead atoms. The number of nitrogens with zero attached hydrogens (tertiary/aromatic N) is 2. The van der Waals surface area contributed by atoms with Gasteiger partial charge in [0.1, 0.15) is 6.07 Å². The minimum atomic E-state index is -0.558. The molecule has 0 saturated heterocycles. The number of nitriles is 1. The second kappa shape index (κ2) is 5.01. The molecule has 0 aromatic heterocycles. The average molecular weight is 270 g/mol. The highest BCUT2D eigenvalue weighted by molar-refractivity contribution is 5.96. The van der Waals surface area contributed by atoms with E-state index in [0.29, 0.717) is 5.70 Å². The first-order valence-electron chi connectivity index (χ1n) is 6.60. The van der Waals surface area contributed by atoms with Crippen LogP contribution in [0.15, 0.2) is 35.5 Å². The lowest BCUT2D eigenvalue weighted by molar-refractivity contribution is -0.138. The van der Waals surface area contributed by atoms with E-state index in [-0.39, 0.29) is 12.2 Å². The van der Waals surface area contributed by atoms with Gasteiger partial charge in [-0.1, -0.05) is 32.0 Å². The minimum absolute atomic E-state index is 0.0792. The van der Waals surface area contributed by atoms with Crippen LogP contribution < -0.4 is 4.90 Å². The van der Waals surface area contributed by atoms with Crippen LogP contribution in [0, 0.1) is 11.3 Å². The lowest BCUT2D eigenvalue weighted by Gasteiger charge is -2.25. The number of carbonyl (C=O) groups excluding carboxylic acids is 1. The molecule has 1 aliphatic rings. The van der Waals surface area contributed by atoms with Crippen LogP contribution in [0.4, 0.5) is 5.69 Å². The van der Waals surface area contributed by atoms with Gasteiger partial charge in [0.05, 0.1) is 12.3 Å². The number of rotatable bonds is 2. The fourth-order valence-corrected chi connectivity index (χ4v) is 2.84. The lowest BCUT2D eigenvalue weighted by atomic mass is 9.82. The van der Waals surface area contributed by atoms with Crippen LogP contribution >= 0.6 is 0 Å². The fourth-order valence-electron chi connectivity index (χ4n) is 2.84. The molecule has 0 saturated carbocycles. The van der Waals surface area contributed by atoms with Crippen LogP contribution in [-0.2, 0) is 14.9 Å². The standard InChI is InChI=1S/C16H18N2O2/c1-5-20-15(19)11(10-17)14-16(2,3)12-8-6-7-9-13(12)18(14)4/h6-9H,5H2,1-4H3. The Kier molecular flexibility index (Phi) is 3.54.